The smallest absolute Gasteiger partial charge is 0.231 e. The summed E-state index contributed by atoms with van der Waals surface area (Å²) in [5.41, 5.74) is 13.1. The number of hydrogen-bond donors (Lipinski definition) is 1. The molecule has 2 heterocycles. The Hall–Kier alpha value is -3.45. The van der Waals surface area contributed by atoms with Crippen LogP contribution in [-0.4, -0.2) is 53.5 Å². The molecule has 3 aromatic rings. The second-order valence-electron chi connectivity index (χ2n) is 10.4. The number of aryl methyl sites for hydroxylation is 3. The quantitative estimate of drug-likeness (QED) is 0.482. The molecule has 1 aromatic heterocycles. The number of nitrogens with zero attached hydrogens (tertiary/aromatic N) is 4. The fourth-order valence-corrected chi connectivity index (χ4v) is 4.74. The molecule has 7 nitrogen and oxygen atoms in total. The number of rotatable bonds is 8. The third-order valence-corrected chi connectivity index (χ3v) is 7.34. The highest BCUT2D eigenvalue weighted by atomic mass is 16.5. The van der Waals surface area contributed by atoms with Crippen molar-refractivity contribution in [3.63, 3.8) is 0 Å². The maximum absolute atomic E-state index is 11.4. The van der Waals surface area contributed by atoms with Crippen LogP contribution in [0, 0.1) is 27.7 Å². The number of amides is 1. The van der Waals surface area contributed by atoms with Gasteiger partial charge in [-0.15, -0.1) is 0 Å². The Bertz CT molecular complexity index is 1280. The van der Waals surface area contributed by atoms with Gasteiger partial charge in [-0.25, -0.2) is 9.97 Å². The van der Waals surface area contributed by atoms with E-state index in [-0.39, 0.29) is 12.5 Å². The molecule has 2 N–H and O–H groups in total. The van der Waals surface area contributed by atoms with Crippen molar-refractivity contribution in [3.05, 3.63) is 69.9 Å². The van der Waals surface area contributed by atoms with E-state index in [1.54, 1.807) is 0 Å². The summed E-state index contributed by atoms with van der Waals surface area (Å²) >= 11 is 0. The zero-order valence-corrected chi connectivity index (χ0v) is 23.0. The summed E-state index contributed by atoms with van der Waals surface area (Å²) in [5, 5.41) is 0. The zero-order valence-electron chi connectivity index (χ0n) is 23.0. The van der Waals surface area contributed by atoms with E-state index in [1.807, 2.05) is 6.92 Å². The van der Waals surface area contributed by atoms with Crippen molar-refractivity contribution in [2.24, 2.45) is 5.73 Å². The van der Waals surface area contributed by atoms with Crippen LogP contribution in [0.1, 0.15) is 53.3 Å². The second-order valence-corrected chi connectivity index (χ2v) is 10.4. The SMILES string of the molecule is Cc1ccc(C(C)C)cc1OCc1c(C)nc(-c2cccc(C)c2C)nc1N1CCN(CC(N)=O)CC1. The van der Waals surface area contributed by atoms with E-state index < -0.39 is 0 Å². The van der Waals surface area contributed by atoms with Gasteiger partial charge >= 0.3 is 0 Å². The maximum atomic E-state index is 11.4. The number of anilines is 1. The lowest BCUT2D eigenvalue weighted by Crippen LogP contribution is -2.49. The molecular weight excluding hydrogens is 462 g/mol. The van der Waals surface area contributed by atoms with Crippen LogP contribution >= 0.6 is 0 Å². The molecule has 0 radical (unpaired) electrons. The van der Waals surface area contributed by atoms with Crippen LogP contribution in [0.4, 0.5) is 5.82 Å². The zero-order chi connectivity index (χ0) is 26.7. The van der Waals surface area contributed by atoms with Crippen LogP contribution in [0.2, 0.25) is 0 Å². The summed E-state index contributed by atoms with van der Waals surface area (Å²) in [6.45, 7) is 16.4. The average molecular weight is 502 g/mol. The van der Waals surface area contributed by atoms with E-state index in [9.17, 15) is 4.79 Å². The predicted octanol–water partition coefficient (Wildman–Crippen LogP) is 4.69. The topological polar surface area (TPSA) is 84.6 Å². The third kappa shape index (κ3) is 6.10. The highest BCUT2D eigenvalue weighted by molar-refractivity contribution is 5.76. The molecule has 4 rings (SSSR count). The second kappa shape index (κ2) is 11.3. The number of carbonyl (C=O) groups excluding carboxylic acids is 1. The van der Waals surface area contributed by atoms with Gasteiger partial charge in [-0.3, -0.25) is 9.69 Å². The number of piperazine rings is 1. The molecule has 1 saturated heterocycles. The van der Waals surface area contributed by atoms with Gasteiger partial charge in [-0.1, -0.05) is 44.2 Å². The number of carbonyl (C=O) groups is 1. The van der Waals surface area contributed by atoms with E-state index in [4.69, 9.17) is 20.4 Å². The molecule has 2 aromatic carbocycles. The maximum Gasteiger partial charge on any atom is 0.231 e. The van der Waals surface area contributed by atoms with Crippen LogP contribution < -0.4 is 15.4 Å². The number of aromatic nitrogens is 2. The van der Waals surface area contributed by atoms with Gasteiger partial charge in [0.2, 0.25) is 5.91 Å². The Kier molecular flexibility index (Phi) is 8.13. The first-order valence-electron chi connectivity index (χ1n) is 13.1. The van der Waals surface area contributed by atoms with Crippen LogP contribution in [0.3, 0.4) is 0 Å². The van der Waals surface area contributed by atoms with Gasteiger partial charge in [-0.05, 0) is 61.9 Å². The third-order valence-electron chi connectivity index (χ3n) is 7.34. The molecule has 1 aliphatic heterocycles. The highest BCUT2D eigenvalue weighted by Gasteiger charge is 2.24. The van der Waals surface area contributed by atoms with E-state index in [0.717, 1.165) is 66.0 Å². The summed E-state index contributed by atoms with van der Waals surface area (Å²) in [6.07, 6.45) is 0. The molecular formula is C30H39N5O2. The van der Waals surface area contributed by atoms with Crippen molar-refractivity contribution in [2.75, 3.05) is 37.6 Å². The lowest BCUT2D eigenvalue weighted by Gasteiger charge is -2.36. The number of primary amides is 1. The van der Waals surface area contributed by atoms with Crippen LogP contribution in [0.15, 0.2) is 36.4 Å². The van der Waals surface area contributed by atoms with Crippen molar-refractivity contribution >= 4 is 11.7 Å². The summed E-state index contributed by atoms with van der Waals surface area (Å²) < 4.78 is 6.41. The number of hydrogen-bond acceptors (Lipinski definition) is 6. The Labute approximate surface area is 220 Å². The van der Waals surface area contributed by atoms with E-state index in [0.29, 0.717) is 12.5 Å². The fourth-order valence-electron chi connectivity index (χ4n) is 4.74. The minimum atomic E-state index is -0.295. The first-order valence-corrected chi connectivity index (χ1v) is 13.1. The molecule has 1 amide bonds. The van der Waals surface area contributed by atoms with E-state index in [2.05, 4.69) is 80.8 Å². The average Bonchev–Trinajstić information content (AvgIpc) is 2.85. The van der Waals surface area contributed by atoms with Gasteiger partial charge in [-0.2, -0.15) is 0 Å². The largest absolute Gasteiger partial charge is 0.488 e. The Morgan fingerprint density at radius 1 is 1.00 bits per heavy atom. The Morgan fingerprint density at radius 3 is 2.41 bits per heavy atom. The molecule has 1 fully saturated rings. The minimum Gasteiger partial charge on any atom is -0.488 e. The van der Waals surface area contributed by atoms with Crippen LogP contribution in [-0.2, 0) is 11.4 Å². The first-order chi connectivity index (χ1) is 17.6. The molecule has 0 spiro atoms. The molecule has 0 atom stereocenters. The fraction of sp³-hybridized carbons (Fsp3) is 0.433. The van der Waals surface area contributed by atoms with Gasteiger partial charge in [0.15, 0.2) is 5.82 Å². The lowest BCUT2D eigenvalue weighted by atomic mass is 10.0. The molecule has 1 aliphatic rings. The van der Waals surface area contributed by atoms with Crippen LogP contribution in [0.5, 0.6) is 5.75 Å². The predicted molar refractivity (Wildman–Crippen MR) is 149 cm³/mol. The number of benzene rings is 2. The normalized spacial score (nSPS) is 14.3. The molecule has 0 saturated carbocycles. The van der Waals surface area contributed by atoms with Crippen molar-refractivity contribution in [1.82, 2.24) is 14.9 Å². The Morgan fingerprint density at radius 2 is 1.73 bits per heavy atom. The number of ether oxygens (including phenoxy) is 1. The lowest BCUT2D eigenvalue weighted by molar-refractivity contribution is -0.119. The van der Waals surface area contributed by atoms with Gasteiger partial charge in [0.1, 0.15) is 18.2 Å². The molecule has 0 aliphatic carbocycles. The van der Waals surface area contributed by atoms with Gasteiger partial charge < -0.3 is 15.4 Å². The molecule has 7 heteroatoms. The summed E-state index contributed by atoms with van der Waals surface area (Å²) in [4.78, 5) is 25.9. The summed E-state index contributed by atoms with van der Waals surface area (Å²) in [7, 11) is 0. The summed E-state index contributed by atoms with van der Waals surface area (Å²) in [6, 6.07) is 12.7. The monoisotopic (exact) mass is 501 g/mol. The molecule has 37 heavy (non-hydrogen) atoms. The van der Waals surface area contributed by atoms with E-state index >= 15 is 0 Å². The molecule has 196 valence electrons. The minimum absolute atomic E-state index is 0.284. The highest BCUT2D eigenvalue weighted by Crippen LogP contribution is 2.31. The van der Waals surface area contributed by atoms with Crippen molar-refractivity contribution in [1.29, 1.82) is 0 Å². The van der Waals surface area contributed by atoms with Crippen molar-refractivity contribution < 1.29 is 9.53 Å². The van der Waals surface area contributed by atoms with Crippen molar-refractivity contribution in [2.45, 2.75) is 54.1 Å². The first kappa shape index (κ1) is 26.6. The van der Waals surface area contributed by atoms with Gasteiger partial charge in [0, 0.05) is 31.7 Å². The van der Waals surface area contributed by atoms with E-state index in [1.165, 1.54) is 16.7 Å². The molecule has 0 bridgehead atoms. The van der Waals surface area contributed by atoms with Crippen LogP contribution in [0.25, 0.3) is 11.4 Å². The standard InChI is InChI=1S/C30H39N5O2/c1-19(2)24-11-10-21(4)27(16-24)37-18-26-23(6)32-29(25-9-7-8-20(3)22(25)5)33-30(26)35-14-12-34(13-15-35)17-28(31)36/h7-11,16,19H,12-15,17-18H2,1-6H3,(H2,31,36). The molecule has 0 unspecified atom stereocenters. The summed E-state index contributed by atoms with van der Waals surface area (Å²) in [5.74, 6) is 2.66. The van der Waals surface area contributed by atoms with Gasteiger partial charge in [0.25, 0.3) is 0 Å². The Balaban J connectivity index is 1.69. The number of nitrogens with two attached hydrogens (primary N) is 1. The van der Waals surface area contributed by atoms with Crippen molar-refractivity contribution in [3.8, 4) is 17.1 Å². The van der Waals surface area contributed by atoms with Gasteiger partial charge in [0.05, 0.1) is 17.8 Å².